The molecule has 0 bridgehead atoms. The molecule has 0 saturated heterocycles. The van der Waals surface area contributed by atoms with Gasteiger partial charge in [0.25, 0.3) is 5.91 Å². The maximum absolute atomic E-state index is 13.0. The molecule has 1 aromatic carbocycles. The number of likely N-dealkylation sites (N-methyl/N-ethyl adjacent to an activating group) is 1. The zero-order chi connectivity index (χ0) is 19.6. The number of para-hydroxylation sites is 1. The molecule has 1 atom stereocenters. The number of rotatable bonds is 4. The number of hydrogen-bond acceptors (Lipinski definition) is 4. The molecule has 0 saturated carbocycles. The number of ether oxygens (including phenoxy) is 1. The number of nitrogens with zero attached hydrogens (tertiary/aromatic N) is 1. The van der Waals surface area contributed by atoms with E-state index in [1.165, 1.54) is 0 Å². The van der Waals surface area contributed by atoms with Crippen LogP contribution in [0.2, 0.25) is 0 Å². The maximum Gasteiger partial charge on any atom is 0.339 e. The molecule has 0 spiro atoms. The maximum atomic E-state index is 13.0. The third-order valence-corrected chi connectivity index (χ3v) is 5.40. The van der Waals surface area contributed by atoms with Crippen molar-refractivity contribution in [3.05, 3.63) is 41.1 Å². The number of aryl methyl sites for hydroxylation is 1. The van der Waals surface area contributed by atoms with Crippen LogP contribution in [-0.2, 0) is 22.4 Å². The lowest BCUT2D eigenvalue weighted by Gasteiger charge is -2.35. The van der Waals surface area contributed by atoms with Gasteiger partial charge in [-0.2, -0.15) is 0 Å². The molecular weight excluding hydrogens is 340 g/mol. The van der Waals surface area contributed by atoms with Crippen molar-refractivity contribution in [2.75, 3.05) is 13.2 Å². The standard InChI is InChI=1S/C22H28N2O3/c1-5-23-19(25)13-27-21(26)20-15-8-6-7-9-17(15)24-18-11-10-14(12-16(18)20)22(2,3)4/h6-9,14H,5,10-13H2,1-4H3,(H,23,25)/t14-/m1/s1. The topological polar surface area (TPSA) is 68.3 Å². The number of carbonyl (C=O) groups is 2. The van der Waals surface area contributed by atoms with E-state index in [-0.39, 0.29) is 17.9 Å². The molecule has 1 N–H and O–H groups in total. The van der Waals surface area contributed by atoms with Crippen LogP contribution >= 0.6 is 0 Å². The van der Waals surface area contributed by atoms with Crippen LogP contribution < -0.4 is 5.32 Å². The summed E-state index contributed by atoms with van der Waals surface area (Å²) in [6.07, 6.45) is 2.73. The minimum Gasteiger partial charge on any atom is -0.452 e. The molecule has 0 radical (unpaired) electrons. The summed E-state index contributed by atoms with van der Waals surface area (Å²) in [7, 11) is 0. The van der Waals surface area contributed by atoms with Gasteiger partial charge in [-0.15, -0.1) is 0 Å². The molecule has 5 heteroatoms. The Labute approximate surface area is 160 Å². The molecule has 1 heterocycles. The molecule has 0 fully saturated rings. The van der Waals surface area contributed by atoms with Gasteiger partial charge in [0.2, 0.25) is 0 Å². The monoisotopic (exact) mass is 368 g/mol. The second-order valence-corrected chi connectivity index (χ2v) is 8.26. The molecule has 27 heavy (non-hydrogen) atoms. The predicted molar refractivity (Wildman–Crippen MR) is 106 cm³/mol. The highest BCUT2D eigenvalue weighted by Crippen LogP contribution is 2.39. The van der Waals surface area contributed by atoms with Crippen molar-refractivity contribution in [1.82, 2.24) is 10.3 Å². The van der Waals surface area contributed by atoms with Gasteiger partial charge in [-0.3, -0.25) is 9.78 Å². The molecular formula is C22H28N2O3. The minimum atomic E-state index is -0.439. The number of fused-ring (bicyclic) bond motifs is 2. The summed E-state index contributed by atoms with van der Waals surface area (Å²) in [5.41, 5.74) is 3.51. The fraction of sp³-hybridized carbons (Fsp3) is 0.500. The number of amides is 1. The first-order valence-electron chi connectivity index (χ1n) is 9.65. The molecule has 0 unspecified atom stereocenters. The van der Waals surface area contributed by atoms with Crippen molar-refractivity contribution in [2.24, 2.45) is 11.3 Å². The van der Waals surface area contributed by atoms with E-state index in [2.05, 4.69) is 26.1 Å². The van der Waals surface area contributed by atoms with Crippen LogP contribution in [-0.4, -0.2) is 30.0 Å². The Morgan fingerprint density at radius 1 is 1.26 bits per heavy atom. The van der Waals surface area contributed by atoms with E-state index in [1.807, 2.05) is 31.2 Å². The summed E-state index contributed by atoms with van der Waals surface area (Å²) in [6.45, 7) is 8.80. The fourth-order valence-electron chi connectivity index (χ4n) is 3.81. The number of nitrogens with one attached hydrogen (secondary N) is 1. The Balaban J connectivity index is 2.01. The summed E-state index contributed by atoms with van der Waals surface area (Å²) < 4.78 is 5.36. The van der Waals surface area contributed by atoms with Gasteiger partial charge in [-0.1, -0.05) is 39.0 Å². The second kappa shape index (κ2) is 7.67. The van der Waals surface area contributed by atoms with Crippen molar-refractivity contribution in [3.63, 3.8) is 0 Å². The first-order chi connectivity index (χ1) is 12.8. The average molecular weight is 368 g/mol. The lowest BCUT2D eigenvalue weighted by Crippen LogP contribution is -2.30. The van der Waals surface area contributed by atoms with E-state index in [9.17, 15) is 9.59 Å². The number of esters is 1. The van der Waals surface area contributed by atoms with E-state index >= 15 is 0 Å². The highest BCUT2D eigenvalue weighted by molar-refractivity contribution is 6.05. The molecule has 144 valence electrons. The molecule has 1 aromatic heterocycles. The highest BCUT2D eigenvalue weighted by atomic mass is 16.5. The van der Waals surface area contributed by atoms with Crippen molar-refractivity contribution in [1.29, 1.82) is 0 Å². The van der Waals surface area contributed by atoms with Gasteiger partial charge in [0.15, 0.2) is 6.61 Å². The van der Waals surface area contributed by atoms with Crippen LogP contribution in [0.15, 0.2) is 24.3 Å². The SMILES string of the molecule is CCNC(=O)COC(=O)c1c2c(nc3ccccc13)CC[C@@H](C(C)(C)C)C2. The van der Waals surface area contributed by atoms with Gasteiger partial charge in [0.1, 0.15) is 0 Å². The molecule has 0 aliphatic heterocycles. The highest BCUT2D eigenvalue weighted by Gasteiger charge is 2.33. The van der Waals surface area contributed by atoms with Gasteiger partial charge in [0.05, 0.1) is 11.1 Å². The van der Waals surface area contributed by atoms with Crippen molar-refractivity contribution < 1.29 is 14.3 Å². The molecule has 3 rings (SSSR count). The fourth-order valence-corrected chi connectivity index (χ4v) is 3.81. The second-order valence-electron chi connectivity index (χ2n) is 8.26. The van der Waals surface area contributed by atoms with Crippen LogP contribution in [0, 0.1) is 11.3 Å². The summed E-state index contributed by atoms with van der Waals surface area (Å²) in [5, 5.41) is 3.45. The van der Waals surface area contributed by atoms with Crippen LogP contribution in [0.1, 0.15) is 55.7 Å². The summed E-state index contributed by atoms with van der Waals surface area (Å²) in [6, 6.07) is 7.66. The van der Waals surface area contributed by atoms with Crippen molar-refractivity contribution in [3.8, 4) is 0 Å². The van der Waals surface area contributed by atoms with Gasteiger partial charge in [-0.05, 0) is 49.1 Å². The molecule has 1 aliphatic carbocycles. The van der Waals surface area contributed by atoms with E-state index in [0.29, 0.717) is 18.0 Å². The van der Waals surface area contributed by atoms with E-state index in [4.69, 9.17) is 9.72 Å². The minimum absolute atomic E-state index is 0.158. The van der Waals surface area contributed by atoms with Crippen LogP contribution in [0.3, 0.4) is 0 Å². The predicted octanol–water partition coefficient (Wildman–Crippen LogP) is 3.68. The third kappa shape index (κ3) is 4.12. The first kappa shape index (κ1) is 19.3. The van der Waals surface area contributed by atoms with Crippen LogP contribution in [0.4, 0.5) is 0 Å². The lowest BCUT2D eigenvalue weighted by atomic mass is 9.70. The summed E-state index contributed by atoms with van der Waals surface area (Å²) in [4.78, 5) is 29.5. The van der Waals surface area contributed by atoms with Gasteiger partial charge < -0.3 is 10.1 Å². The zero-order valence-electron chi connectivity index (χ0n) is 16.6. The Bertz CT molecular complexity index is 868. The number of hydrogen-bond donors (Lipinski definition) is 1. The molecule has 5 nitrogen and oxygen atoms in total. The van der Waals surface area contributed by atoms with E-state index in [1.54, 1.807) is 0 Å². The smallest absolute Gasteiger partial charge is 0.339 e. The Morgan fingerprint density at radius 3 is 2.70 bits per heavy atom. The van der Waals surface area contributed by atoms with E-state index < -0.39 is 5.97 Å². The Hall–Kier alpha value is -2.43. The number of carbonyl (C=O) groups excluding carboxylic acids is 2. The Kier molecular flexibility index (Phi) is 5.49. The lowest BCUT2D eigenvalue weighted by molar-refractivity contribution is -0.124. The van der Waals surface area contributed by atoms with Gasteiger partial charge >= 0.3 is 5.97 Å². The number of benzene rings is 1. The quantitative estimate of drug-likeness (QED) is 0.836. The van der Waals surface area contributed by atoms with Crippen molar-refractivity contribution >= 4 is 22.8 Å². The van der Waals surface area contributed by atoms with E-state index in [0.717, 1.165) is 41.4 Å². The molecule has 1 aliphatic rings. The van der Waals surface area contributed by atoms with Gasteiger partial charge in [-0.25, -0.2) is 4.79 Å². The number of pyridine rings is 1. The van der Waals surface area contributed by atoms with Gasteiger partial charge in [0, 0.05) is 17.6 Å². The Morgan fingerprint density at radius 2 is 2.00 bits per heavy atom. The molecule has 1 amide bonds. The summed E-state index contributed by atoms with van der Waals surface area (Å²) in [5.74, 6) is -0.251. The molecule has 2 aromatic rings. The van der Waals surface area contributed by atoms with Crippen LogP contribution in [0.5, 0.6) is 0 Å². The zero-order valence-corrected chi connectivity index (χ0v) is 16.6. The van der Waals surface area contributed by atoms with Crippen LogP contribution in [0.25, 0.3) is 10.9 Å². The van der Waals surface area contributed by atoms with Crippen molar-refractivity contribution in [2.45, 2.75) is 47.0 Å². The normalized spacial score (nSPS) is 16.7. The average Bonchev–Trinajstić information content (AvgIpc) is 2.63. The largest absolute Gasteiger partial charge is 0.452 e. The number of aromatic nitrogens is 1. The third-order valence-electron chi connectivity index (χ3n) is 5.40. The summed E-state index contributed by atoms with van der Waals surface area (Å²) >= 11 is 0. The first-order valence-corrected chi connectivity index (χ1v) is 9.65.